The van der Waals surface area contributed by atoms with E-state index < -0.39 is 0 Å². The Morgan fingerprint density at radius 1 is 1.44 bits per heavy atom. The molecule has 0 aliphatic carbocycles. The molecule has 1 aromatic rings. The average Bonchev–Trinajstić information content (AvgIpc) is 2.26. The molecule has 3 nitrogen and oxygen atoms in total. The third-order valence-electron chi connectivity index (χ3n) is 2.15. The van der Waals surface area contributed by atoms with E-state index in [0.29, 0.717) is 11.6 Å². The van der Waals surface area contributed by atoms with Gasteiger partial charge in [0.05, 0.1) is 5.71 Å². The van der Waals surface area contributed by atoms with Crippen molar-refractivity contribution in [1.29, 1.82) is 0 Å². The molecule has 2 N–H and O–H groups in total. The number of rotatable bonds is 3. The van der Waals surface area contributed by atoms with Crippen molar-refractivity contribution in [1.82, 2.24) is 0 Å². The molecule has 0 bridgehead atoms. The molecular formula is C12H16N3Y-. The fraction of sp³-hybridized carbons (Fsp3) is 0.333. The van der Waals surface area contributed by atoms with Gasteiger partial charge in [0, 0.05) is 46.0 Å². The zero-order valence-electron chi connectivity index (χ0n) is 9.94. The minimum Gasteiger partial charge on any atom is -0.324 e. The molecule has 83 valence electrons. The van der Waals surface area contributed by atoms with Crippen molar-refractivity contribution < 1.29 is 32.7 Å². The molecule has 4 heteroatoms. The third-order valence-corrected chi connectivity index (χ3v) is 2.15. The monoisotopic (exact) mass is 291 g/mol. The summed E-state index contributed by atoms with van der Waals surface area (Å²) in [5.74, 6) is 5.76. The molecule has 0 unspecified atom stereocenters. The van der Waals surface area contributed by atoms with Crippen LogP contribution in [0.25, 0.3) is 0 Å². The van der Waals surface area contributed by atoms with Crippen LogP contribution in [-0.2, 0) is 32.7 Å². The van der Waals surface area contributed by atoms with Gasteiger partial charge in [-0.3, -0.25) is 4.99 Å². The van der Waals surface area contributed by atoms with Crippen LogP contribution >= 0.6 is 0 Å². The number of nitrogens with zero attached hydrogens (tertiary/aromatic N) is 2. The Labute approximate surface area is 122 Å². The van der Waals surface area contributed by atoms with Gasteiger partial charge in [0.25, 0.3) is 0 Å². The molecular weight excluding hydrogens is 275 g/mol. The van der Waals surface area contributed by atoms with Gasteiger partial charge in [0.1, 0.15) is 0 Å². The molecule has 1 radical (unpaired) electrons. The van der Waals surface area contributed by atoms with Crippen LogP contribution in [0.5, 0.6) is 0 Å². The molecule has 0 aromatic heterocycles. The number of nitrogens with two attached hydrogens (primary N) is 1. The summed E-state index contributed by atoms with van der Waals surface area (Å²) in [6.45, 7) is 4.27. The van der Waals surface area contributed by atoms with Gasteiger partial charge >= 0.3 is 0 Å². The van der Waals surface area contributed by atoms with E-state index in [9.17, 15) is 0 Å². The normalized spacial score (nSPS) is 11.9. The Morgan fingerprint density at radius 2 is 2.12 bits per heavy atom. The molecule has 0 saturated heterocycles. The smallest absolute Gasteiger partial charge is 0.0528 e. The van der Waals surface area contributed by atoms with Gasteiger partial charge < -0.3 is 5.84 Å². The van der Waals surface area contributed by atoms with Crippen molar-refractivity contribution in [3.8, 4) is 0 Å². The predicted octanol–water partition coefficient (Wildman–Crippen LogP) is 1.97. The van der Waals surface area contributed by atoms with E-state index in [1.807, 2.05) is 18.2 Å². The first-order chi connectivity index (χ1) is 7.19. The van der Waals surface area contributed by atoms with Crippen molar-refractivity contribution in [2.45, 2.75) is 19.8 Å². The number of benzene rings is 1. The second kappa shape index (κ2) is 7.69. The van der Waals surface area contributed by atoms with Gasteiger partial charge in [0.15, 0.2) is 0 Å². The van der Waals surface area contributed by atoms with E-state index in [1.54, 1.807) is 13.3 Å². The Hall–Kier alpha value is -0.536. The van der Waals surface area contributed by atoms with Crippen molar-refractivity contribution in [3.05, 3.63) is 35.4 Å². The number of hydrazone groups is 1. The second-order valence-electron chi connectivity index (χ2n) is 3.59. The topological polar surface area (TPSA) is 50.7 Å². The van der Waals surface area contributed by atoms with E-state index in [2.05, 4.69) is 30.0 Å². The van der Waals surface area contributed by atoms with Crippen molar-refractivity contribution >= 4 is 11.9 Å². The molecule has 0 saturated carbocycles. The Morgan fingerprint density at radius 3 is 2.50 bits per heavy atom. The van der Waals surface area contributed by atoms with Crippen LogP contribution < -0.4 is 5.84 Å². The third kappa shape index (κ3) is 4.14. The van der Waals surface area contributed by atoms with Gasteiger partial charge in [-0.25, -0.2) is 0 Å². The SMILES string of the molecule is CN=C/C(=N\N)c1c[c-]c(C(C)C)cc1.[Y]. The van der Waals surface area contributed by atoms with Crippen molar-refractivity contribution in [2.75, 3.05) is 7.05 Å². The van der Waals surface area contributed by atoms with Gasteiger partial charge in [-0.2, -0.15) is 34.9 Å². The van der Waals surface area contributed by atoms with E-state index in [1.165, 1.54) is 5.56 Å². The molecule has 1 rings (SSSR count). The Bertz CT molecular complexity index is 366. The number of hydrogen-bond donors (Lipinski definition) is 1. The Balaban J connectivity index is 0.00000225. The molecule has 16 heavy (non-hydrogen) atoms. The van der Waals surface area contributed by atoms with Crippen LogP contribution in [0.1, 0.15) is 30.9 Å². The standard InChI is InChI=1S/C12H16N3.Y/c1-9(2)10-4-6-11(7-5-10)12(15-13)8-14-3;/h4,6-9H,13H2,1-3H3;/q-1;/b14-8?,15-12+;. The fourth-order valence-electron chi connectivity index (χ4n) is 1.26. The van der Waals surface area contributed by atoms with Crippen LogP contribution in [0.4, 0.5) is 0 Å². The quantitative estimate of drug-likeness (QED) is 0.393. The zero-order valence-corrected chi connectivity index (χ0v) is 12.8. The van der Waals surface area contributed by atoms with Crippen molar-refractivity contribution in [2.24, 2.45) is 15.9 Å². The first kappa shape index (κ1) is 15.5. The van der Waals surface area contributed by atoms with E-state index in [4.69, 9.17) is 5.84 Å². The minimum atomic E-state index is 0. The average molecular weight is 291 g/mol. The maximum absolute atomic E-state index is 5.27. The van der Waals surface area contributed by atoms with Gasteiger partial charge in [0.2, 0.25) is 0 Å². The zero-order chi connectivity index (χ0) is 11.3. The van der Waals surface area contributed by atoms with Crippen LogP contribution in [-0.4, -0.2) is 19.0 Å². The Kier molecular flexibility index (Phi) is 7.43. The first-order valence-corrected chi connectivity index (χ1v) is 4.91. The number of hydrogen-bond acceptors (Lipinski definition) is 3. The fourth-order valence-corrected chi connectivity index (χ4v) is 1.26. The predicted molar refractivity (Wildman–Crippen MR) is 64.5 cm³/mol. The molecule has 0 aliphatic rings. The van der Waals surface area contributed by atoms with E-state index in [-0.39, 0.29) is 32.7 Å². The molecule has 0 fully saturated rings. The second-order valence-corrected chi connectivity index (χ2v) is 3.59. The largest absolute Gasteiger partial charge is 0.324 e. The summed E-state index contributed by atoms with van der Waals surface area (Å²) in [7, 11) is 1.69. The maximum atomic E-state index is 5.27. The van der Waals surface area contributed by atoms with Crippen LogP contribution in [0.2, 0.25) is 0 Å². The molecule has 0 spiro atoms. The summed E-state index contributed by atoms with van der Waals surface area (Å²) < 4.78 is 0. The number of aliphatic imine (C=N–C) groups is 1. The molecule has 0 amide bonds. The van der Waals surface area contributed by atoms with Gasteiger partial charge in [-0.15, -0.1) is 5.56 Å². The van der Waals surface area contributed by atoms with E-state index in [0.717, 1.165) is 5.56 Å². The molecule has 1 aromatic carbocycles. The summed E-state index contributed by atoms with van der Waals surface area (Å²) in [5, 5.41) is 3.67. The van der Waals surface area contributed by atoms with Crippen LogP contribution in [0.15, 0.2) is 28.3 Å². The summed E-state index contributed by atoms with van der Waals surface area (Å²) in [5.41, 5.74) is 2.79. The molecule has 0 atom stereocenters. The summed E-state index contributed by atoms with van der Waals surface area (Å²) in [6, 6.07) is 9.12. The minimum absolute atomic E-state index is 0. The van der Waals surface area contributed by atoms with E-state index >= 15 is 0 Å². The maximum Gasteiger partial charge on any atom is 0.0528 e. The van der Waals surface area contributed by atoms with Crippen molar-refractivity contribution in [3.63, 3.8) is 0 Å². The van der Waals surface area contributed by atoms with Crippen LogP contribution in [0.3, 0.4) is 0 Å². The van der Waals surface area contributed by atoms with Gasteiger partial charge in [-0.05, 0) is 5.92 Å². The van der Waals surface area contributed by atoms with Gasteiger partial charge in [-0.1, -0.05) is 13.8 Å². The summed E-state index contributed by atoms with van der Waals surface area (Å²) in [4.78, 5) is 3.89. The summed E-state index contributed by atoms with van der Waals surface area (Å²) >= 11 is 0. The first-order valence-electron chi connectivity index (χ1n) is 4.91. The van der Waals surface area contributed by atoms with Crippen LogP contribution in [0, 0.1) is 6.07 Å². The molecule has 0 heterocycles. The molecule has 0 aliphatic heterocycles. The summed E-state index contributed by atoms with van der Waals surface area (Å²) in [6.07, 6.45) is 1.64.